The molecule has 0 radical (unpaired) electrons. The van der Waals surface area contributed by atoms with Gasteiger partial charge in [0, 0.05) is 6.61 Å². The molecule has 0 spiro atoms. The molecule has 0 aliphatic heterocycles. The van der Waals surface area contributed by atoms with Crippen LogP contribution in [0.15, 0.2) is 0 Å². The summed E-state index contributed by atoms with van der Waals surface area (Å²) in [5, 5.41) is 0. The number of ether oxygens (including phenoxy) is 1. The summed E-state index contributed by atoms with van der Waals surface area (Å²) in [6.45, 7) is 7.58. The van der Waals surface area contributed by atoms with E-state index in [0.717, 1.165) is 0 Å². The van der Waals surface area contributed by atoms with Crippen LogP contribution in [0.5, 0.6) is 0 Å². The summed E-state index contributed by atoms with van der Waals surface area (Å²) in [6.07, 6.45) is 0. The molecule has 12 heavy (non-hydrogen) atoms. The first-order valence-electron chi connectivity index (χ1n) is 3.52. The Morgan fingerprint density at radius 1 is 1.42 bits per heavy atom. The van der Waals surface area contributed by atoms with Gasteiger partial charge in [-0.05, 0) is 21.0 Å². The van der Waals surface area contributed by atoms with Crippen LogP contribution in [0, 0.1) is 6.04 Å². The minimum atomic E-state index is 0. The Hall–Kier alpha value is 0.534. The molecule has 0 aliphatic carbocycles. The van der Waals surface area contributed by atoms with Gasteiger partial charge < -0.3 is 14.4 Å². The number of hydrogen-bond acceptors (Lipinski definition) is 3. The number of nitrogens with zero attached hydrogens (tertiary/aromatic N) is 1. The second-order valence-corrected chi connectivity index (χ2v) is 2.36. The Morgan fingerprint density at radius 3 is 1.75 bits per heavy atom. The molecule has 0 unspecified atom stereocenters. The van der Waals surface area contributed by atoms with E-state index in [1.807, 2.05) is 14.1 Å². The number of rotatable bonds is 3. The third-order valence-corrected chi connectivity index (χ3v) is 1.10. The van der Waals surface area contributed by atoms with Crippen LogP contribution >= 0.6 is 0 Å². The quantitative estimate of drug-likeness (QED) is 0.703. The maximum atomic E-state index is 9.06. The van der Waals surface area contributed by atoms with Crippen LogP contribution in [0.1, 0.15) is 20.8 Å². The fourth-order valence-electron chi connectivity index (χ4n) is 0.0589. The van der Waals surface area contributed by atoms with E-state index in [9.17, 15) is 0 Å². The largest absolute Gasteiger partial charge is 3.00 e. The molecule has 3 nitrogen and oxygen atoms in total. The van der Waals surface area contributed by atoms with Gasteiger partial charge in [0.15, 0.2) is 0 Å². The molecule has 0 amide bonds. The first-order chi connectivity index (χ1) is 5.06. The summed E-state index contributed by atoms with van der Waals surface area (Å²) in [4.78, 5) is 11.1. The minimum absolute atomic E-state index is 0. The molecule has 0 aromatic carbocycles. The van der Waals surface area contributed by atoms with E-state index in [1.54, 1.807) is 6.92 Å². The van der Waals surface area contributed by atoms with Crippen molar-refractivity contribution in [2.45, 2.75) is 20.8 Å². The first kappa shape index (κ1) is 18.3. The van der Waals surface area contributed by atoms with E-state index >= 15 is 0 Å². The summed E-state index contributed by atoms with van der Waals surface area (Å²) in [7, 11) is 4.07. The van der Waals surface area contributed by atoms with Gasteiger partial charge in [0.1, 0.15) is 0 Å². The van der Waals surface area contributed by atoms with Gasteiger partial charge in [0.25, 0.3) is 0 Å². The van der Waals surface area contributed by atoms with E-state index in [2.05, 4.69) is 23.5 Å². The van der Waals surface area contributed by atoms with Gasteiger partial charge in [-0.2, -0.15) is 13.8 Å². The zero-order valence-electron chi connectivity index (χ0n) is 8.55. The van der Waals surface area contributed by atoms with Crippen LogP contribution in [0.2, 0.25) is 0 Å². The zero-order valence-corrected chi connectivity index (χ0v) is 11.4. The SMILES string of the molecule is CCO[C-]=O.C[C-](C)N(C)C.[Y+3]. The topological polar surface area (TPSA) is 29.5 Å². The van der Waals surface area contributed by atoms with Gasteiger partial charge >= 0.3 is 32.7 Å². The van der Waals surface area contributed by atoms with Gasteiger partial charge in [-0.15, -0.1) is 0 Å². The fourth-order valence-corrected chi connectivity index (χ4v) is 0.0589. The smallest absolute Gasteiger partial charge is 0.653 e. The van der Waals surface area contributed by atoms with Gasteiger partial charge in [0.05, 0.1) is 0 Å². The van der Waals surface area contributed by atoms with Crippen molar-refractivity contribution in [1.82, 2.24) is 4.90 Å². The Morgan fingerprint density at radius 2 is 1.75 bits per heavy atom. The maximum absolute atomic E-state index is 9.06. The summed E-state index contributed by atoms with van der Waals surface area (Å²) < 4.78 is 4.03. The average Bonchev–Trinajstić information content (AvgIpc) is 1.90. The Kier molecular flexibility index (Phi) is 21.5. The number of carbonyl (C=O) groups excluding carboxylic acids is 1. The van der Waals surface area contributed by atoms with E-state index < -0.39 is 0 Å². The molecule has 0 bridgehead atoms. The molecule has 0 saturated heterocycles. The normalized spacial score (nSPS) is 8.25. The van der Waals surface area contributed by atoms with Gasteiger partial charge in [-0.1, -0.05) is 6.47 Å². The molecule has 0 heterocycles. The van der Waals surface area contributed by atoms with Crippen LogP contribution in [0.25, 0.3) is 0 Å². The Labute approximate surface area is 101 Å². The molecule has 68 valence electrons. The fraction of sp³-hybridized carbons (Fsp3) is 0.750. The molecular formula is C8H17NO2Y+. The molecule has 0 aromatic rings. The van der Waals surface area contributed by atoms with Crippen molar-refractivity contribution < 1.29 is 42.2 Å². The molecule has 0 atom stereocenters. The van der Waals surface area contributed by atoms with E-state index in [-0.39, 0.29) is 32.7 Å². The van der Waals surface area contributed by atoms with Crippen molar-refractivity contribution >= 4 is 6.47 Å². The van der Waals surface area contributed by atoms with Crippen LogP contribution in [-0.4, -0.2) is 32.1 Å². The molecule has 0 aliphatic rings. The van der Waals surface area contributed by atoms with Gasteiger partial charge in [0.2, 0.25) is 0 Å². The van der Waals surface area contributed by atoms with Crippen molar-refractivity contribution in [3.8, 4) is 0 Å². The molecule has 4 heteroatoms. The summed E-state index contributed by atoms with van der Waals surface area (Å²) in [5.74, 6) is 0. The molecule has 0 rings (SSSR count). The standard InChI is InChI=1S/C5H12N.C3H5O2.Y/c1-5(2)6(3)4;1-2-5-3-4;/h1-4H3;2H2,1H3;/q2*-1;+3. The predicted octanol–water partition coefficient (Wildman–Crippen LogP) is 1.21. The number of hydrogen-bond donors (Lipinski definition) is 0. The van der Waals surface area contributed by atoms with Crippen LogP contribution in [0.3, 0.4) is 0 Å². The first-order valence-corrected chi connectivity index (χ1v) is 3.52. The molecule has 0 aromatic heterocycles. The van der Waals surface area contributed by atoms with Crippen molar-refractivity contribution in [2.24, 2.45) is 0 Å². The predicted molar refractivity (Wildman–Crippen MR) is 45.6 cm³/mol. The second kappa shape index (κ2) is 14.1. The van der Waals surface area contributed by atoms with Gasteiger partial charge in [-0.25, -0.2) is 0 Å². The Balaban J connectivity index is -0.000000126. The van der Waals surface area contributed by atoms with Crippen LogP contribution in [-0.2, 0) is 42.2 Å². The Bertz CT molecular complexity index is 81.1. The van der Waals surface area contributed by atoms with Crippen LogP contribution in [0.4, 0.5) is 0 Å². The van der Waals surface area contributed by atoms with E-state index in [0.29, 0.717) is 6.61 Å². The second-order valence-electron chi connectivity index (χ2n) is 2.36. The third kappa shape index (κ3) is 22.4. The molecule has 0 N–H and O–H groups in total. The maximum Gasteiger partial charge on any atom is 3.00 e. The van der Waals surface area contributed by atoms with Crippen molar-refractivity contribution in [2.75, 3.05) is 20.7 Å². The van der Waals surface area contributed by atoms with Crippen molar-refractivity contribution in [3.63, 3.8) is 0 Å². The van der Waals surface area contributed by atoms with Crippen molar-refractivity contribution in [1.29, 1.82) is 0 Å². The summed E-state index contributed by atoms with van der Waals surface area (Å²) in [5.41, 5.74) is 0. The molecule has 0 fully saturated rings. The molecule has 0 saturated carbocycles. The average molecular weight is 248 g/mol. The van der Waals surface area contributed by atoms with Gasteiger partial charge in [-0.3, -0.25) is 6.04 Å². The van der Waals surface area contributed by atoms with Crippen molar-refractivity contribution in [3.05, 3.63) is 6.04 Å². The van der Waals surface area contributed by atoms with Crippen LogP contribution < -0.4 is 0 Å². The van der Waals surface area contributed by atoms with E-state index in [1.165, 1.54) is 12.5 Å². The zero-order chi connectivity index (χ0) is 9.28. The summed E-state index contributed by atoms with van der Waals surface area (Å²) >= 11 is 0. The monoisotopic (exact) mass is 248 g/mol. The molecular weight excluding hydrogens is 231 g/mol. The van der Waals surface area contributed by atoms with E-state index in [4.69, 9.17) is 4.79 Å². The summed E-state index contributed by atoms with van der Waals surface area (Å²) in [6, 6.07) is 1.34. The minimum Gasteiger partial charge on any atom is -0.653 e. The third-order valence-electron chi connectivity index (χ3n) is 1.10.